The summed E-state index contributed by atoms with van der Waals surface area (Å²) < 4.78 is 11.5. The van der Waals surface area contributed by atoms with E-state index in [0.717, 1.165) is 30.1 Å². The molecule has 28 heavy (non-hydrogen) atoms. The first-order valence-corrected chi connectivity index (χ1v) is 9.85. The lowest BCUT2D eigenvalue weighted by Gasteiger charge is -2.37. The van der Waals surface area contributed by atoms with Crippen molar-refractivity contribution in [2.24, 2.45) is 0 Å². The lowest BCUT2D eigenvalue weighted by atomic mass is 10.1. The number of piperazine rings is 1. The summed E-state index contributed by atoms with van der Waals surface area (Å²) in [6.07, 6.45) is 0. The summed E-state index contributed by atoms with van der Waals surface area (Å²) in [6, 6.07) is 15.9. The minimum atomic E-state index is -0.0248. The number of ether oxygens (including phenoxy) is 1. The number of hydrogen-bond acceptors (Lipinski definition) is 5. The van der Waals surface area contributed by atoms with Gasteiger partial charge in [-0.15, -0.1) is 0 Å². The molecule has 2 aromatic carbocycles. The van der Waals surface area contributed by atoms with Gasteiger partial charge in [-0.25, -0.2) is 0 Å². The van der Waals surface area contributed by atoms with Gasteiger partial charge in [0, 0.05) is 42.5 Å². The molecule has 0 amide bonds. The van der Waals surface area contributed by atoms with Crippen LogP contribution in [-0.2, 0) is 0 Å². The minimum absolute atomic E-state index is 0.0248. The predicted molar refractivity (Wildman–Crippen MR) is 113 cm³/mol. The standard InChI is InChI=1S/C23H26N2O3/c1-4-27-19-8-5-17(6-9-19)23-12-21(26)20-11-18(7-10-22(20)28-23)25-13-15(2)24-16(3)14-25/h5-12,15-16,24H,4,13-14H2,1-3H3/t15-,16+. The first kappa shape index (κ1) is 18.6. The van der Waals surface area contributed by atoms with Gasteiger partial charge in [-0.05, 0) is 63.2 Å². The van der Waals surface area contributed by atoms with E-state index < -0.39 is 0 Å². The molecule has 1 aliphatic heterocycles. The Morgan fingerprint density at radius 2 is 1.79 bits per heavy atom. The Kier molecular flexibility index (Phi) is 5.09. The molecular weight excluding hydrogens is 352 g/mol. The van der Waals surface area contributed by atoms with Crippen molar-refractivity contribution >= 4 is 16.7 Å². The molecular formula is C23H26N2O3. The van der Waals surface area contributed by atoms with Crippen LogP contribution < -0.4 is 20.4 Å². The van der Waals surface area contributed by atoms with E-state index >= 15 is 0 Å². The molecule has 0 radical (unpaired) electrons. The quantitative estimate of drug-likeness (QED) is 0.742. The third-order valence-corrected chi connectivity index (χ3v) is 5.08. The lowest BCUT2D eigenvalue weighted by molar-refractivity contribution is 0.340. The zero-order valence-electron chi connectivity index (χ0n) is 16.6. The van der Waals surface area contributed by atoms with Crippen molar-refractivity contribution in [3.8, 4) is 17.1 Å². The van der Waals surface area contributed by atoms with E-state index in [4.69, 9.17) is 9.15 Å². The number of rotatable bonds is 4. The molecule has 0 unspecified atom stereocenters. The van der Waals surface area contributed by atoms with Crippen molar-refractivity contribution in [2.75, 3.05) is 24.6 Å². The fourth-order valence-corrected chi connectivity index (χ4v) is 3.90. The van der Waals surface area contributed by atoms with Gasteiger partial charge in [-0.1, -0.05) is 0 Å². The molecule has 3 aromatic rings. The largest absolute Gasteiger partial charge is 0.494 e. The van der Waals surface area contributed by atoms with E-state index in [2.05, 4.69) is 24.1 Å². The molecule has 1 saturated heterocycles. The predicted octanol–water partition coefficient (Wildman–Crippen LogP) is 4.05. The Bertz CT molecular complexity index is 1020. The monoisotopic (exact) mass is 378 g/mol. The highest BCUT2D eigenvalue weighted by Crippen LogP contribution is 2.27. The molecule has 1 N–H and O–H groups in total. The first-order chi connectivity index (χ1) is 13.5. The second-order valence-electron chi connectivity index (χ2n) is 7.49. The highest BCUT2D eigenvalue weighted by Gasteiger charge is 2.21. The van der Waals surface area contributed by atoms with Gasteiger partial charge in [0.2, 0.25) is 0 Å². The van der Waals surface area contributed by atoms with Gasteiger partial charge < -0.3 is 19.4 Å². The molecule has 4 rings (SSSR count). The van der Waals surface area contributed by atoms with E-state index in [1.807, 2.05) is 49.4 Å². The van der Waals surface area contributed by atoms with Crippen molar-refractivity contribution < 1.29 is 9.15 Å². The van der Waals surface area contributed by atoms with E-state index in [1.165, 1.54) is 0 Å². The van der Waals surface area contributed by atoms with Crippen molar-refractivity contribution in [2.45, 2.75) is 32.9 Å². The third kappa shape index (κ3) is 3.76. The molecule has 0 aliphatic carbocycles. The summed E-state index contributed by atoms with van der Waals surface area (Å²) in [5.74, 6) is 1.37. The molecule has 1 fully saturated rings. The Morgan fingerprint density at radius 1 is 1.07 bits per heavy atom. The summed E-state index contributed by atoms with van der Waals surface area (Å²) in [5, 5.41) is 4.15. The number of anilines is 1. The van der Waals surface area contributed by atoms with Gasteiger partial charge in [0.15, 0.2) is 5.43 Å². The fraction of sp³-hybridized carbons (Fsp3) is 0.348. The molecule has 146 valence electrons. The van der Waals surface area contributed by atoms with Crippen LogP contribution in [0.3, 0.4) is 0 Å². The normalized spacial score (nSPS) is 19.8. The number of benzene rings is 2. The van der Waals surface area contributed by atoms with Gasteiger partial charge in [0.05, 0.1) is 12.0 Å². The summed E-state index contributed by atoms with van der Waals surface area (Å²) in [6.45, 7) is 8.78. The van der Waals surface area contributed by atoms with Gasteiger partial charge in [-0.3, -0.25) is 4.79 Å². The zero-order valence-corrected chi connectivity index (χ0v) is 16.6. The maximum Gasteiger partial charge on any atom is 0.193 e. The van der Waals surface area contributed by atoms with Crippen LogP contribution in [-0.4, -0.2) is 31.8 Å². The number of fused-ring (bicyclic) bond motifs is 1. The van der Waals surface area contributed by atoms with Gasteiger partial charge in [-0.2, -0.15) is 0 Å². The Morgan fingerprint density at radius 3 is 2.46 bits per heavy atom. The lowest BCUT2D eigenvalue weighted by Crippen LogP contribution is -2.54. The average molecular weight is 378 g/mol. The summed E-state index contributed by atoms with van der Waals surface area (Å²) in [5.41, 5.74) is 2.50. The molecule has 0 bridgehead atoms. The molecule has 2 atom stereocenters. The van der Waals surface area contributed by atoms with Crippen LogP contribution in [0.15, 0.2) is 57.7 Å². The Labute approximate surface area is 164 Å². The highest BCUT2D eigenvalue weighted by atomic mass is 16.5. The van der Waals surface area contributed by atoms with Crippen LogP contribution >= 0.6 is 0 Å². The van der Waals surface area contributed by atoms with Crippen LogP contribution in [0.25, 0.3) is 22.3 Å². The highest BCUT2D eigenvalue weighted by molar-refractivity contribution is 5.82. The minimum Gasteiger partial charge on any atom is -0.494 e. The average Bonchev–Trinajstić information content (AvgIpc) is 2.68. The number of hydrogen-bond donors (Lipinski definition) is 1. The van der Waals surface area contributed by atoms with Gasteiger partial charge >= 0.3 is 0 Å². The summed E-state index contributed by atoms with van der Waals surface area (Å²) >= 11 is 0. The maximum atomic E-state index is 12.8. The molecule has 5 heteroatoms. The van der Waals surface area contributed by atoms with Gasteiger partial charge in [0.25, 0.3) is 0 Å². The van der Waals surface area contributed by atoms with Crippen LogP contribution in [0.5, 0.6) is 5.75 Å². The van der Waals surface area contributed by atoms with Crippen molar-refractivity contribution in [3.05, 3.63) is 58.8 Å². The summed E-state index contributed by atoms with van der Waals surface area (Å²) in [4.78, 5) is 15.1. The molecule has 0 spiro atoms. The Balaban J connectivity index is 1.67. The van der Waals surface area contributed by atoms with Crippen LogP contribution in [0.1, 0.15) is 20.8 Å². The number of nitrogens with one attached hydrogen (secondary N) is 1. The Hall–Kier alpha value is -2.79. The number of nitrogens with zero attached hydrogens (tertiary/aromatic N) is 1. The molecule has 0 saturated carbocycles. The first-order valence-electron chi connectivity index (χ1n) is 9.85. The van der Waals surface area contributed by atoms with E-state index in [9.17, 15) is 4.79 Å². The maximum absolute atomic E-state index is 12.8. The van der Waals surface area contributed by atoms with Gasteiger partial charge in [0.1, 0.15) is 17.1 Å². The van der Waals surface area contributed by atoms with Crippen molar-refractivity contribution in [1.29, 1.82) is 0 Å². The topological polar surface area (TPSA) is 54.7 Å². The van der Waals surface area contributed by atoms with Crippen LogP contribution in [0.2, 0.25) is 0 Å². The summed E-state index contributed by atoms with van der Waals surface area (Å²) in [7, 11) is 0. The molecule has 5 nitrogen and oxygen atoms in total. The van der Waals surface area contributed by atoms with E-state index in [1.54, 1.807) is 6.07 Å². The molecule has 1 aromatic heterocycles. The van der Waals surface area contributed by atoms with Crippen LogP contribution in [0.4, 0.5) is 5.69 Å². The molecule has 2 heterocycles. The van der Waals surface area contributed by atoms with Crippen LogP contribution in [0, 0.1) is 0 Å². The third-order valence-electron chi connectivity index (χ3n) is 5.08. The van der Waals surface area contributed by atoms with E-state index in [-0.39, 0.29) is 5.43 Å². The zero-order chi connectivity index (χ0) is 19.7. The van der Waals surface area contributed by atoms with E-state index in [0.29, 0.717) is 35.4 Å². The smallest absolute Gasteiger partial charge is 0.193 e. The SMILES string of the molecule is CCOc1ccc(-c2cc(=O)c3cc(N4C[C@@H](C)N[C@@H](C)C4)ccc3o2)cc1. The van der Waals surface area contributed by atoms with Crippen molar-refractivity contribution in [3.63, 3.8) is 0 Å². The fourth-order valence-electron chi connectivity index (χ4n) is 3.90. The van der Waals surface area contributed by atoms with Crippen molar-refractivity contribution in [1.82, 2.24) is 5.32 Å². The second-order valence-corrected chi connectivity index (χ2v) is 7.49. The molecule has 1 aliphatic rings. The second kappa shape index (κ2) is 7.68.